The van der Waals surface area contributed by atoms with Gasteiger partial charge < -0.3 is 5.32 Å². The third-order valence-corrected chi connectivity index (χ3v) is 2.21. The van der Waals surface area contributed by atoms with Gasteiger partial charge in [0.25, 0.3) is 5.91 Å². The molecule has 0 saturated carbocycles. The topological polar surface area (TPSA) is 67.8 Å². The largest absolute Gasteiger partial charge is 0.304 e. The Morgan fingerprint density at radius 3 is 2.65 bits per heavy atom. The van der Waals surface area contributed by atoms with Gasteiger partial charge in [-0.2, -0.15) is 0 Å². The Morgan fingerprint density at radius 2 is 2.00 bits per heavy atom. The van der Waals surface area contributed by atoms with Gasteiger partial charge in [0.2, 0.25) is 0 Å². The number of aromatic nitrogens is 3. The minimum absolute atomic E-state index is 0.201. The van der Waals surface area contributed by atoms with Crippen LogP contribution in [0.2, 0.25) is 10.2 Å². The van der Waals surface area contributed by atoms with Gasteiger partial charge in [0, 0.05) is 6.20 Å². The first-order valence-electron chi connectivity index (χ1n) is 4.55. The summed E-state index contributed by atoms with van der Waals surface area (Å²) in [4.78, 5) is 23.2. The third kappa shape index (κ3) is 3.12. The summed E-state index contributed by atoms with van der Waals surface area (Å²) in [7, 11) is 0. The molecule has 0 radical (unpaired) electrons. The second-order valence-electron chi connectivity index (χ2n) is 3.04. The molecule has 2 rings (SSSR count). The second-order valence-corrected chi connectivity index (χ2v) is 3.87. The van der Waals surface area contributed by atoms with Gasteiger partial charge in [-0.1, -0.05) is 23.2 Å². The first-order chi connectivity index (χ1) is 8.15. The summed E-state index contributed by atoms with van der Waals surface area (Å²) >= 11 is 11.3. The summed E-state index contributed by atoms with van der Waals surface area (Å²) in [5, 5.41) is 3.18. The zero-order chi connectivity index (χ0) is 12.3. The Bertz CT molecular complexity index is 544. The van der Waals surface area contributed by atoms with Crippen molar-refractivity contribution in [2.45, 2.75) is 0 Å². The van der Waals surface area contributed by atoms with E-state index in [0.717, 1.165) is 0 Å². The molecule has 0 aliphatic rings. The fourth-order valence-electron chi connectivity index (χ4n) is 1.09. The van der Waals surface area contributed by atoms with Crippen LogP contribution in [-0.2, 0) is 0 Å². The highest BCUT2D eigenvalue weighted by Gasteiger charge is 2.08. The van der Waals surface area contributed by atoms with Crippen LogP contribution in [0.5, 0.6) is 0 Å². The van der Waals surface area contributed by atoms with E-state index in [-0.39, 0.29) is 16.7 Å². The van der Waals surface area contributed by atoms with Crippen LogP contribution in [0.1, 0.15) is 10.5 Å². The minimum atomic E-state index is -0.404. The predicted molar refractivity (Wildman–Crippen MR) is 64.2 cm³/mol. The molecule has 2 aromatic heterocycles. The summed E-state index contributed by atoms with van der Waals surface area (Å²) in [5.74, 6) is -0.141. The summed E-state index contributed by atoms with van der Waals surface area (Å²) in [6, 6.07) is 3.09. The Kier molecular flexibility index (Phi) is 3.51. The second kappa shape index (κ2) is 5.07. The highest BCUT2D eigenvalue weighted by atomic mass is 35.5. The molecule has 0 spiro atoms. The molecule has 0 fully saturated rings. The molecule has 0 unspecified atom stereocenters. The summed E-state index contributed by atoms with van der Waals surface area (Å²) < 4.78 is 0. The highest BCUT2D eigenvalue weighted by Crippen LogP contribution is 2.10. The zero-order valence-corrected chi connectivity index (χ0v) is 9.90. The van der Waals surface area contributed by atoms with Gasteiger partial charge in [-0.05, 0) is 12.1 Å². The van der Waals surface area contributed by atoms with Gasteiger partial charge in [0.1, 0.15) is 10.8 Å². The maximum Gasteiger partial charge on any atom is 0.275 e. The molecular formula is C10H6Cl2N4O. The van der Waals surface area contributed by atoms with E-state index in [1.54, 1.807) is 6.07 Å². The lowest BCUT2D eigenvalue weighted by molar-refractivity contribution is 0.102. The standard InChI is InChI=1S/C10H6Cl2N4O/c11-6-1-2-7(14-3-6)10(17)16-9-5-13-4-8(12)15-9/h1-5H,(H,15,16,17). The lowest BCUT2D eigenvalue weighted by Crippen LogP contribution is -2.14. The number of rotatable bonds is 2. The first kappa shape index (κ1) is 11.8. The van der Waals surface area contributed by atoms with E-state index in [2.05, 4.69) is 20.3 Å². The lowest BCUT2D eigenvalue weighted by atomic mass is 10.3. The monoisotopic (exact) mass is 268 g/mol. The lowest BCUT2D eigenvalue weighted by Gasteiger charge is -2.03. The Balaban J connectivity index is 2.14. The SMILES string of the molecule is O=C(Nc1cncc(Cl)n1)c1ccc(Cl)cn1. The van der Waals surface area contributed by atoms with E-state index in [1.165, 1.54) is 24.7 Å². The van der Waals surface area contributed by atoms with Crippen LogP contribution in [0.3, 0.4) is 0 Å². The van der Waals surface area contributed by atoms with Gasteiger partial charge in [0.15, 0.2) is 5.82 Å². The maximum absolute atomic E-state index is 11.7. The molecule has 0 aliphatic carbocycles. The summed E-state index contributed by atoms with van der Waals surface area (Å²) in [6.45, 7) is 0. The normalized spacial score (nSPS) is 10.0. The molecule has 17 heavy (non-hydrogen) atoms. The highest BCUT2D eigenvalue weighted by molar-refractivity contribution is 6.30. The van der Waals surface area contributed by atoms with Crippen molar-refractivity contribution >= 4 is 34.9 Å². The molecule has 5 nitrogen and oxygen atoms in total. The summed E-state index contributed by atoms with van der Waals surface area (Å²) in [5.41, 5.74) is 0.233. The van der Waals surface area contributed by atoms with Gasteiger partial charge in [-0.15, -0.1) is 0 Å². The number of amides is 1. The van der Waals surface area contributed by atoms with E-state index in [4.69, 9.17) is 23.2 Å². The van der Waals surface area contributed by atoms with Crippen molar-refractivity contribution in [2.24, 2.45) is 0 Å². The van der Waals surface area contributed by atoms with Crippen molar-refractivity contribution in [3.8, 4) is 0 Å². The van der Waals surface area contributed by atoms with E-state index in [9.17, 15) is 4.79 Å². The van der Waals surface area contributed by atoms with Crippen molar-refractivity contribution in [3.05, 3.63) is 46.6 Å². The smallest absolute Gasteiger partial charge is 0.275 e. The third-order valence-electron chi connectivity index (χ3n) is 1.81. The molecule has 86 valence electrons. The number of carbonyl (C=O) groups excluding carboxylic acids is 1. The van der Waals surface area contributed by atoms with Crippen LogP contribution in [0.4, 0.5) is 5.82 Å². The van der Waals surface area contributed by atoms with Crippen molar-refractivity contribution in [1.82, 2.24) is 15.0 Å². The molecule has 1 amide bonds. The van der Waals surface area contributed by atoms with Crippen LogP contribution in [0, 0.1) is 0 Å². The van der Waals surface area contributed by atoms with Crippen LogP contribution >= 0.6 is 23.2 Å². The van der Waals surface area contributed by atoms with Crippen molar-refractivity contribution < 1.29 is 4.79 Å². The molecular weight excluding hydrogens is 263 g/mol. The van der Waals surface area contributed by atoms with Crippen LogP contribution in [-0.4, -0.2) is 20.9 Å². The molecule has 7 heteroatoms. The molecule has 0 aliphatic heterocycles. The Hall–Kier alpha value is -1.72. The molecule has 0 aromatic carbocycles. The molecule has 0 bridgehead atoms. The molecule has 2 aromatic rings. The molecule has 0 atom stereocenters. The quantitative estimate of drug-likeness (QED) is 0.909. The van der Waals surface area contributed by atoms with Crippen molar-refractivity contribution in [3.63, 3.8) is 0 Å². The first-order valence-corrected chi connectivity index (χ1v) is 5.31. The molecule has 1 N–H and O–H groups in total. The number of hydrogen-bond acceptors (Lipinski definition) is 4. The Morgan fingerprint density at radius 1 is 1.18 bits per heavy atom. The van der Waals surface area contributed by atoms with Gasteiger partial charge in [-0.3, -0.25) is 9.78 Å². The van der Waals surface area contributed by atoms with E-state index in [0.29, 0.717) is 5.02 Å². The predicted octanol–water partition coefficient (Wildman–Crippen LogP) is 2.43. The van der Waals surface area contributed by atoms with Gasteiger partial charge in [0.05, 0.1) is 17.4 Å². The van der Waals surface area contributed by atoms with E-state index in [1.807, 2.05) is 0 Å². The number of hydrogen-bond donors (Lipinski definition) is 1. The van der Waals surface area contributed by atoms with Gasteiger partial charge >= 0.3 is 0 Å². The fourth-order valence-corrected chi connectivity index (χ4v) is 1.35. The molecule has 2 heterocycles. The zero-order valence-electron chi connectivity index (χ0n) is 8.39. The van der Waals surface area contributed by atoms with Crippen LogP contribution in [0.25, 0.3) is 0 Å². The van der Waals surface area contributed by atoms with E-state index < -0.39 is 5.91 Å². The summed E-state index contributed by atoms with van der Waals surface area (Å²) in [6.07, 6.45) is 4.15. The number of pyridine rings is 1. The van der Waals surface area contributed by atoms with Crippen LogP contribution < -0.4 is 5.32 Å². The Labute approximate surface area is 107 Å². The van der Waals surface area contributed by atoms with Gasteiger partial charge in [-0.25, -0.2) is 9.97 Å². The number of carbonyl (C=O) groups is 1. The maximum atomic E-state index is 11.7. The van der Waals surface area contributed by atoms with E-state index >= 15 is 0 Å². The fraction of sp³-hybridized carbons (Fsp3) is 0. The average molecular weight is 269 g/mol. The number of anilines is 1. The number of halogens is 2. The number of nitrogens with zero attached hydrogens (tertiary/aromatic N) is 3. The van der Waals surface area contributed by atoms with Crippen molar-refractivity contribution in [1.29, 1.82) is 0 Å². The number of nitrogens with one attached hydrogen (secondary N) is 1. The minimum Gasteiger partial charge on any atom is -0.304 e. The van der Waals surface area contributed by atoms with Crippen molar-refractivity contribution in [2.75, 3.05) is 5.32 Å². The molecule has 0 saturated heterocycles. The van der Waals surface area contributed by atoms with Crippen LogP contribution in [0.15, 0.2) is 30.7 Å². The average Bonchev–Trinajstić information content (AvgIpc) is 2.29.